The van der Waals surface area contributed by atoms with Crippen LogP contribution in [0.4, 0.5) is 5.95 Å². The first-order valence-corrected chi connectivity index (χ1v) is 8.94. The highest BCUT2D eigenvalue weighted by molar-refractivity contribution is 5.63. The van der Waals surface area contributed by atoms with Crippen molar-refractivity contribution in [2.45, 2.75) is 32.1 Å². The van der Waals surface area contributed by atoms with Crippen LogP contribution >= 0.6 is 0 Å². The number of hydrogen-bond acceptors (Lipinski definition) is 6. The summed E-state index contributed by atoms with van der Waals surface area (Å²) in [4.78, 5) is 8.97. The van der Waals surface area contributed by atoms with Gasteiger partial charge in [-0.15, -0.1) is 0 Å². The van der Waals surface area contributed by atoms with Gasteiger partial charge in [0.15, 0.2) is 5.75 Å². The Morgan fingerprint density at radius 3 is 3.00 bits per heavy atom. The number of hydrogen-bond donors (Lipinski definition) is 2. The van der Waals surface area contributed by atoms with Crippen molar-refractivity contribution in [3.63, 3.8) is 0 Å². The van der Waals surface area contributed by atoms with Gasteiger partial charge >= 0.3 is 0 Å². The van der Waals surface area contributed by atoms with Crippen molar-refractivity contribution in [3.8, 4) is 17.1 Å². The van der Waals surface area contributed by atoms with Gasteiger partial charge in [-0.3, -0.25) is 9.78 Å². The second-order valence-corrected chi connectivity index (χ2v) is 6.46. The maximum Gasteiger partial charge on any atom is 0.223 e. The molecule has 0 fully saturated rings. The van der Waals surface area contributed by atoms with Gasteiger partial charge in [0.25, 0.3) is 0 Å². The summed E-state index contributed by atoms with van der Waals surface area (Å²) in [5.74, 6) is 1.20. The van der Waals surface area contributed by atoms with Crippen molar-refractivity contribution in [2.24, 2.45) is 7.05 Å². The highest BCUT2D eigenvalue weighted by atomic mass is 16.5. The molecule has 0 atom stereocenters. The lowest BCUT2D eigenvalue weighted by Gasteiger charge is -2.12. The highest BCUT2D eigenvalue weighted by Gasteiger charge is 2.17. The Bertz CT molecular complexity index is 899. The number of nitrogens with one attached hydrogen (secondary N) is 2. The molecule has 3 aromatic heterocycles. The van der Waals surface area contributed by atoms with Gasteiger partial charge in [-0.25, -0.2) is 9.97 Å². The quantitative estimate of drug-likeness (QED) is 0.705. The van der Waals surface area contributed by atoms with Crippen LogP contribution in [0.2, 0.25) is 0 Å². The normalized spacial score (nSPS) is 13.5. The largest absolute Gasteiger partial charge is 0.493 e. The topological polar surface area (TPSA) is 93.5 Å². The molecule has 0 bridgehead atoms. The van der Waals surface area contributed by atoms with Gasteiger partial charge in [-0.2, -0.15) is 10.2 Å². The fraction of sp³-hybridized carbons (Fsp3) is 0.444. The van der Waals surface area contributed by atoms with E-state index in [0.29, 0.717) is 11.7 Å². The lowest BCUT2D eigenvalue weighted by Crippen LogP contribution is -2.11. The van der Waals surface area contributed by atoms with E-state index in [2.05, 4.69) is 30.6 Å². The summed E-state index contributed by atoms with van der Waals surface area (Å²) >= 11 is 0. The molecule has 2 N–H and O–H groups in total. The Hall–Kier alpha value is -2.90. The number of aromatic amines is 1. The van der Waals surface area contributed by atoms with E-state index in [9.17, 15) is 0 Å². The Morgan fingerprint density at radius 1 is 1.31 bits per heavy atom. The van der Waals surface area contributed by atoms with Crippen LogP contribution in [-0.2, 0) is 26.3 Å². The van der Waals surface area contributed by atoms with E-state index in [1.54, 1.807) is 24.2 Å². The predicted octanol–water partition coefficient (Wildman–Crippen LogP) is 2.14. The van der Waals surface area contributed by atoms with E-state index in [-0.39, 0.29) is 0 Å². The zero-order valence-corrected chi connectivity index (χ0v) is 15.1. The number of aryl methyl sites for hydroxylation is 2. The van der Waals surface area contributed by atoms with Crippen LogP contribution in [0.5, 0.6) is 5.75 Å². The summed E-state index contributed by atoms with van der Waals surface area (Å²) in [6, 6.07) is 1.91. The molecule has 26 heavy (non-hydrogen) atoms. The molecule has 0 saturated heterocycles. The molecule has 4 rings (SSSR count). The Balaban J connectivity index is 1.47. The number of H-pyrrole nitrogens is 1. The van der Waals surface area contributed by atoms with Crippen LogP contribution in [0.3, 0.4) is 0 Å². The Labute approximate surface area is 152 Å². The molecule has 0 saturated carbocycles. The third-order valence-electron chi connectivity index (χ3n) is 4.83. The molecular formula is C18H23N7O. The van der Waals surface area contributed by atoms with Crippen LogP contribution in [0, 0.1) is 0 Å². The summed E-state index contributed by atoms with van der Waals surface area (Å²) in [5, 5.41) is 15.2. The molecule has 0 radical (unpaired) electrons. The average Bonchev–Trinajstić information content (AvgIpc) is 3.28. The van der Waals surface area contributed by atoms with Crippen LogP contribution < -0.4 is 10.1 Å². The molecule has 8 nitrogen and oxygen atoms in total. The first kappa shape index (κ1) is 16.6. The van der Waals surface area contributed by atoms with Crippen molar-refractivity contribution < 1.29 is 4.74 Å². The molecule has 0 aromatic carbocycles. The van der Waals surface area contributed by atoms with E-state index in [4.69, 9.17) is 4.74 Å². The third-order valence-corrected chi connectivity index (χ3v) is 4.83. The first-order valence-electron chi connectivity index (χ1n) is 8.94. The summed E-state index contributed by atoms with van der Waals surface area (Å²) in [7, 11) is 3.50. The molecule has 0 spiro atoms. The number of ether oxygens (including phenoxy) is 1. The predicted molar refractivity (Wildman–Crippen MR) is 98.2 cm³/mol. The van der Waals surface area contributed by atoms with E-state index < -0.39 is 0 Å². The SMILES string of the molecule is COc1cnc(NCCc2n[nH]c3c2CCCC3)nc1-c1ccnn1C. The maximum atomic E-state index is 5.40. The average molecular weight is 353 g/mol. The zero-order chi connectivity index (χ0) is 17.9. The van der Waals surface area contributed by atoms with Crippen molar-refractivity contribution in [1.82, 2.24) is 29.9 Å². The summed E-state index contributed by atoms with van der Waals surface area (Å²) in [5.41, 5.74) is 5.48. The fourth-order valence-electron chi connectivity index (χ4n) is 3.44. The minimum Gasteiger partial charge on any atom is -0.493 e. The van der Waals surface area contributed by atoms with Crippen molar-refractivity contribution in [1.29, 1.82) is 0 Å². The third kappa shape index (κ3) is 3.14. The second-order valence-electron chi connectivity index (χ2n) is 6.46. The lowest BCUT2D eigenvalue weighted by atomic mass is 9.95. The first-order chi connectivity index (χ1) is 12.8. The number of aromatic nitrogens is 6. The van der Waals surface area contributed by atoms with E-state index in [0.717, 1.165) is 42.9 Å². The molecular weight excluding hydrogens is 330 g/mol. The standard InChI is InChI=1S/C18H23N7O/c1-25-15(8-10-21-25)17-16(26-2)11-20-18(22-17)19-9-7-14-12-5-3-4-6-13(12)23-24-14/h8,10-11H,3-7,9H2,1-2H3,(H,23,24)(H,19,20,22). The number of anilines is 1. The van der Waals surface area contributed by atoms with Gasteiger partial charge in [0.1, 0.15) is 5.69 Å². The number of nitrogens with zero attached hydrogens (tertiary/aromatic N) is 5. The van der Waals surface area contributed by atoms with Gasteiger partial charge in [0, 0.05) is 31.9 Å². The highest BCUT2D eigenvalue weighted by Crippen LogP contribution is 2.27. The van der Waals surface area contributed by atoms with Gasteiger partial charge in [0.05, 0.1) is 24.7 Å². The van der Waals surface area contributed by atoms with Gasteiger partial charge in [-0.05, 0) is 37.3 Å². The van der Waals surface area contributed by atoms with Crippen molar-refractivity contribution >= 4 is 5.95 Å². The Kier molecular flexibility index (Phi) is 4.55. The Morgan fingerprint density at radius 2 is 2.19 bits per heavy atom. The monoisotopic (exact) mass is 353 g/mol. The fourth-order valence-corrected chi connectivity index (χ4v) is 3.44. The smallest absolute Gasteiger partial charge is 0.223 e. The van der Waals surface area contributed by atoms with E-state index in [1.165, 1.54) is 24.1 Å². The zero-order valence-electron chi connectivity index (χ0n) is 15.1. The van der Waals surface area contributed by atoms with Crippen molar-refractivity contribution in [3.05, 3.63) is 35.4 Å². The molecule has 0 unspecified atom stereocenters. The van der Waals surface area contributed by atoms with Crippen molar-refractivity contribution in [2.75, 3.05) is 19.0 Å². The number of rotatable bonds is 6. The summed E-state index contributed by atoms with van der Waals surface area (Å²) in [6.45, 7) is 0.731. The minimum atomic E-state index is 0.575. The lowest BCUT2D eigenvalue weighted by molar-refractivity contribution is 0.412. The van der Waals surface area contributed by atoms with Crippen LogP contribution in [0.1, 0.15) is 29.8 Å². The summed E-state index contributed by atoms with van der Waals surface area (Å²) < 4.78 is 7.17. The molecule has 1 aliphatic carbocycles. The van der Waals surface area contributed by atoms with Crippen LogP contribution in [-0.4, -0.2) is 43.6 Å². The molecule has 136 valence electrons. The minimum absolute atomic E-state index is 0.575. The number of methoxy groups -OCH3 is 1. The molecule has 0 aliphatic heterocycles. The molecule has 8 heteroatoms. The maximum absolute atomic E-state index is 5.40. The second kappa shape index (κ2) is 7.15. The van der Waals surface area contributed by atoms with Gasteiger partial charge in [0.2, 0.25) is 5.95 Å². The molecule has 3 aromatic rings. The van der Waals surface area contributed by atoms with Gasteiger partial charge in [-0.1, -0.05) is 0 Å². The van der Waals surface area contributed by atoms with E-state index in [1.807, 2.05) is 13.1 Å². The number of fused-ring (bicyclic) bond motifs is 1. The molecule has 3 heterocycles. The van der Waals surface area contributed by atoms with Crippen LogP contribution in [0.15, 0.2) is 18.5 Å². The molecule has 0 amide bonds. The van der Waals surface area contributed by atoms with Gasteiger partial charge < -0.3 is 10.1 Å². The van der Waals surface area contributed by atoms with E-state index >= 15 is 0 Å². The van der Waals surface area contributed by atoms with Crippen LogP contribution in [0.25, 0.3) is 11.4 Å². The summed E-state index contributed by atoms with van der Waals surface area (Å²) in [6.07, 6.45) is 9.03. The molecule has 1 aliphatic rings.